The Balaban J connectivity index is 2.80. The summed E-state index contributed by atoms with van der Waals surface area (Å²) in [6, 6.07) is 2.41. The van der Waals surface area contributed by atoms with Crippen LogP contribution in [0.5, 0.6) is 17.2 Å². The number of carbonyl (C=O) groups excluding carboxylic acids is 1. The maximum atomic E-state index is 11.0. The highest BCUT2D eigenvalue weighted by molar-refractivity contribution is 5.93. The van der Waals surface area contributed by atoms with Crippen LogP contribution in [0.3, 0.4) is 0 Å². The number of benzene rings is 1. The summed E-state index contributed by atoms with van der Waals surface area (Å²) in [5, 5.41) is 39.6. The van der Waals surface area contributed by atoms with Gasteiger partial charge in [0.15, 0.2) is 11.5 Å². The monoisotopic (exact) mass is 253 g/mol. The second-order valence-corrected chi connectivity index (χ2v) is 3.15. The van der Waals surface area contributed by atoms with Gasteiger partial charge in [0, 0.05) is 5.56 Å². The number of hydrazone groups is 1. The Labute approximate surface area is 101 Å². The number of hydrogen-bond acceptors (Lipinski definition) is 7. The number of phenols is 3. The first-order valence-corrected chi connectivity index (χ1v) is 4.64. The minimum absolute atomic E-state index is 0.0668. The van der Waals surface area contributed by atoms with Gasteiger partial charge in [-0.15, -0.1) is 0 Å². The fourth-order valence-electron chi connectivity index (χ4n) is 0.972. The van der Waals surface area contributed by atoms with Gasteiger partial charge in [-0.25, -0.2) is 5.43 Å². The summed E-state index contributed by atoms with van der Waals surface area (Å²) in [7, 11) is 0. The van der Waals surface area contributed by atoms with Crippen molar-refractivity contribution in [3.05, 3.63) is 29.7 Å². The zero-order valence-corrected chi connectivity index (χ0v) is 9.03. The van der Waals surface area contributed by atoms with Crippen molar-refractivity contribution in [1.82, 2.24) is 5.43 Å². The normalized spacial score (nSPS) is 11.7. The van der Waals surface area contributed by atoms with Crippen molar-refractivity contribution in [3.63, 3.8) is 0 Å². The summed E-state index contributed by atoms with van der Waals surface area (Å²) in [5.41, 5.74) is 6.66. The van der Waals surface area contributed by atoms with Gasteiger partial charge in [-0.1, -0.05) is 0 Å². The van der Waals surface area contributed by atoms with Gasteiger partial charge in [0.2, 0.25) is 5.75 Å². The van der Waals surface area contributed by atoms with Gasteiger partial charge in [-0.2, -0.15) is 5.10 Å². The number of aliphatic hydroxyl groups excluding tert-OH is 1. The molecule has 1 amide bonds. The Morgan fingerprint density at radius 3 is 2.56 bits per heavy atom. The molecular formula is C10H11N3O5. The summed E-state index contributed by atoms with van der Waals surface area (Å²) in [4.78, 5) is 11.0. The van der Waals surface area contributed by atoms with Gasteiger partial charge < -0.3 is 26.2 Å². The van der Waals surface area contributed by atoms with Crippen LogP contribution in [-0.2, 0) is 4.79 Å². The minimum Gasteiger partial charge on any atom is -0.513 e. The van der Waals surface area contributed by atoms with Crippen LogP contribution in [-0.4, -0.2) is 32.5 Å². The smallest absolute Gasteiger partial charge is 0.290 e. The number of nitrogens with zero attached hydrogens (tertiary/aromatic N) is 1. The lowest BCUT2D eigenvalue weighted by Crippen LogP contribution is -2.24. The number of amides is 1. The average molecular weight is 253 g/mol. The van der Waals surface area contributed by atoms with E-state index in [1.807, 2.05) is 5.43 Å². The van der Waals surface area contributed by atoms with E-state index in [-0.39, 0.29) is 5.56 Å². The Morgan fingerprint density at radius 2 is 1.94 bits per heavy atom. The molecule has 0 saturated heterocycles. The van der Waals surface area contributed by atoms with Crippen molar-refractivity contribution < 1.29 is 25.2 Å². The summed E-state index contributed by atoms with van der Waals surface area (Å²) >= 11 is 0. The van der Waals surface area contributed by atoms with Crippen molar-refractivity contribution in [1.29, 1.82) is 0 Å². The molecule has 18 heavy (non-hydrogen) atoms. The number of carbonyl (C=O) groups is 1. The van der Waals surface area contributed by atoms with Gasteiger partial charge in [0.05, 0.1) is 6.21 Å². The number of aromatic hydroxyl groups is 3. The minimum atomic E-state index is -0.837. The molecule has 8 nitrogen and oxygen atoms in total. The van der Waals surface area contributed by atoms with Crippen LogP contribution in [0.25, 0.3) is 0 Å². The predicted molar refractivity (Wildman–Crippen MR) is 62.1 cm³/mol. The molecule has 0 aliphatic rings. The molecule has 0 fully saturated rings. The van der Waals surface area contributed by atoms with E-state index in [1.165, 1.54) is 6.07 Å². The number of aliphatic hydroxyl groups is 1. The molecule has 0 aliphatic heterocycles. The summed E-state index contributed by atoms with van der Waals surface area (Å²) in [6.07, 6.45) is 1.44. The van der Waals surface area contributed by atoms with Crippen LogP contribution in [0.4, 0.5) is 0 Å². The highest BCUT2D eigenvalue weighted by atomic mass is 16.3. The van der Waals surface area contributed by atoms with E-state index in [4.69, 9.17) is 15.9 Å². The second kappa shape index (κ2) is 5.43. The lowest BCUT2D eigenvalue weighted by atomic mass is 10.2. The lowest BCUT2D eigenvalue weighted by Gasteiger charge is -2.03. The van der Waals surface area contributed by atoms with Crippen molar-refractivity contribution in [2.24, 2.45) is 10.8 Å². The van der Waals surface area contributed by atoms with E-state index in [9.17, 15) is 15.0 Å². The van der Waals surface area contributed by atoms with Gasteiger partial charge in [0.1, 0.15) is 12.0 Å². The molecule has 0 aliphatic carbocycles. The first-order chi connectivity index (χ1) is 8.47. The number of phenolic OH excluding ortho intramolecular Hbond substituents is 3. The maximum absolute atomic E-state index is 11.0. The fourth-order valence-corrected chi connectivity index (χ4v) is 0.972. The van der Waals surface area contributed by atoms with E-state index in [2.05, 4.69) is 5.10 Å². The first-order valence-electron chi connectivity index (χ1n) is 4.64. The Bertz CT molecular complexity index is 524. The van der Waals surface area contributed by atoms with Gasteiger partial charge in [-0.3, -0.25) is 4.79 Å². The van der Waals surface area contributed by atoms with E-state index < -0.39 is 28.9 Å². The first kappa shape index (κ1) is 13.2. The Hall–Kier alpha value is -2.90. The number of nitrogens with one attached hydrogen (secondary N) is 1. The molecule has 8 heteroatoms. The molecule has 1 aromatic carbocycles. The van der Waals surface area contributed by atoms with Crippen LogP contribution in [0, 0.1) is 0 Å². The highest BCUT2D eigenvalue weighted by Gasteiger charge is 2.09. The van der Waals surface area contributed by atoms with Crippen LogP contribution >= 0.6 is 0 Å². The largest absolute Gasteiger partial charge is 0.513 e. The lowest BCUT2D eigenvalue weighted by molar-refractivity contribution is -0.117. The average Bonchev–Trinajstić information content (AvgIpc) is 2.37. The third kappa shape index (κ3) is 2.82. The van der Waals surface area contributed by atoms with Crippen molar-refractivity contribution in [2.45, 2.75) is 0 Å². The van der Waals surface area contributed by atoms with Gasteiger partial charge in [-0.05, 0) is 12.1 Å². The quantitative estimate of drug-likeness (QED) is 0.142. The zero-order chi connectivity index (χ0) is 13.7. The molecule has 0 bridgehead atoms. The van der Waals surface area contributed by atoms with Crippen LogP contribution < -0.4 is 11.2 Å². The Morgan fingerprint density at radius 1 is 1.28 bits per heavy atom. The van der Waals surface area contributed by atoms with Crippen molar-refractivity contribution >= 4 is 12.1 Å². The molecule has 0 aromatic heterocycles. The third-order valence-electron chi connectivity index (χ3n) is 1.93. The topological polar surface area (TPSA) is 148 Å². The summed E-state index contributed by atoms with van der Waals surface area (Å²) < 4.78 is 0. The van der Waals surface area contributed by atoms with E-state index in [0.717, 1.165) is 12.3 Å². The molecule has 1 aromatic rings. The number of rotatable bonds is 3. The third-order valence-corrected chi connectivity index (χ3v) is 1.93. The van der Waals surface area contributed by atoms with Crippen LogP contribution in [0.2, 0.25) is 0 Å². The van der Waals surface area contributed by atoms with Gasteiger partial charge >= 0.3 is 0 Å². The highest BCUT2D eigenvalue weighted by Crippen LogP contribution is 2.36. The predicted octanol–water partition coefficient (Wildman–Crippen LogP) is -0.388. The molecular weight excluding hydrogens is 242 g/mol. The van der Waals surface area contributed by atoms with Crippen LogP contribution in [0.15, 0.2) is 29.2 Å². The van der Waals surface area contributed by atoms with E-state index in [1.54, 1.807) is 0 Å². The standard InChI is InChI=1S/C10H11N3O5/c11-6(4-14)10(18)13-12-3-5-1-2-7(15)9(17)8(5)16/h1-4,14-17H,11H2,(H,13,18)/b6-4?,12-3+. The zero-order valence-electron chi connectivity index (χ0n) is 9.03. The molecule has 7 N–H and O–H groups in total. The van der Waals surface area contributed by atoms with E-state index in [0.29, 0.717) is 6.26 Å². The Kier molecular flexibility index (Phi) is 3.98. The summed E-state index contributed by atoms with van der Waals surface area (Å²) in [5.74, 6) is -2.60. The molecule has 1 rings (SSSR count). The fraction of sp³-hybridized carbons (Fsp3) is 0. The molecule has 0 atom stereocenters. The molecule has 96 valence electrons. The van der Waals surface area contributed by atoms with Crippen LogP contribution in [0.1, 0.15) is 5.56 Å². The maximum Gasteiger partial charge on any atom is 0.290 e. The van der Waals surface area contributed by atoms with Crippen molar-refractivity contribution in [3.8, 4) is 17.2 Å². The van der Waals surface area contributed by atoms with Gasteiger partial charge in [0.25, 0.3) is 5.91 Å². The SMILES string of the molecule is NC(=CO)C(=O)N/N=C/c1ccc(O)c(O)c1O. The van der Waals surface area contributed by atoms with E-state index >= 15 is 0 Å². The molecule has 0 spiro atoms. The van der Waals surface area contributed by atoms with Crippen molar-refractivity contribution in [2.75, 3.05) is 0 Å². The molecule has 0 radical (unpaired) electrons. The second-order valence-electron chi connectivity index (χ2n) is 3.15. The molecule has 0 heterocycles. The number of nitrogens with two attached hydrogens (primary N) is 1. The molecule has 0 saturated carbocycles. The number of hydrogen-bond donors (Lipinski definition) is 6. The molecule has 0 unspecified atom stereocenters. The summed E-state index contributed by atoms with van der Waals surface area (Å²) in [6.45, 7) is 0.